The summed E-state index contributed by atoms with van der Waals surface area (Å²) in [6.07, 6.45) is 1.06. The molecule has 0 amide bonds. The molecule has 0 spiro atoms. The van der Waals surface area contributed by atoms with E-state index in [0.717, 1.165) is 0 Å². The Labute approximate surface area is 107 Å². The smallest absolute Gasteiger partial charge is 0.311 e. The summed E-state index contributed by atoms with van der Waals surface area (Å²) in [5.41, 5.74) is 0.141. The summed E-state index contributed by atoms with van der Waals surface area (Å²) in [5, 5.41) is 8.95. The van der Waals surface area contributed by atoms with Gasteiger partial charge in [0.15, 0.2) is 0 Å². The van der Waals surface area contributed by atoms with Crippen molar-refractivity contribution in [2.45, 2.75) is 25.7 Å². The zero-order chi connectivity index (χ0) is 12.3. The van der Waals surface area contributed by atoms with Crippen molar-refractivity contribution in [1.82, 2.24) is 0 Å². The molecule has 0 aromatic heterocycles. The van der Waals surface area contributed by atoms with E-state index in [2.05, 4.69) is 15.9 Å². The standard InChI is InChI=1S/C11H11BrClFO2/c1-2-3-7(11(15)16)6-4-5-8(12)9(13)10(6)14/h4-5,7H,2-3H2,1H3,(H,15,16). The molecule has 1 unspecified atom stereocenters. The van der Waals surface area contributed by atoms with Gasteiger partial charge in [0.25, 0.3) is 0 Å². The summed E-state index contributed by atoms with van der Waals surface area (Å²) in [5.74, 6) is -2.52. The summed E-state index contributed by atoms with van der Waals surface area (Å²) in [4.78, 5) is 11.0. The van der Waals surface area contributed by atoms with Gasteiger partial charge in [0, 0.05) is 10.0 Å². The molecule has 1 atom stereocenters. The quantitative estimate of drug-likeness (QED) is 0.846. The molecule has 1 rings (SSSR count). The van der Waals surface area contributed by atoms with Crippen LogP contribution in [0.5, 0.6) is 0 Å². The van der Waals surface area contributed by atoms with Crippen molar-refractivity contribution in [2.24, 2.45) is 0 Å². The van der Waals surface area contributed by atoms with Gasteiger partial charge in [-0.2, -0.15) is 0 Å². The van der Waals surface area contributed by atoms with Gasteiger partial charge in [-0.1, -0.05) is 31.0 Å². The second-order valence-electron chi connectivity index (χ2n) is 3.44. The third-order valence-corrected chi connectivity index (χ3v) is 3.57. The molecule has 0 aliphatic rings. The summed E-state index contributed by atoms with van der Waals surface area (Å²) in [6.45, 7) is 1.86. The fourth-order valence-electron chi connectivity index (χ4n) is 1.51. The molecule has 0 saturated carbocycles. The Kier molecular flexibility index (Phi) is 4.74. The van der Waals surface area contributed by atoms with Crippen molar-refractivity contribution < 1.29 is 14.3 Å². The number of carboxylic acid groups (broad SMARTS) is 1. The molecule has 16 heavy (non-hydrogen) atoms. The molecular formula is C11H11BrClFO2. The van der Waals surface area contributed by atoms with Gasteiger partial charge in [-0.25, -0.2) is 4.39 Å². The minimum absolute atomic E-state index is 0.0696. The monoisotopic (exact) mass is 308 g/mol. The Bertz CT molecular complexity index is 409. The van der Waals surface area contributed by atoms with E-state index >= 15 is 0 Å². The van der Waals surface area contributed by atoms with Gasteiger partial charge < -0.3 is 5.11 Å². The maximum absolute atomic E-state index is 13.8. The van der Waals surface area contributed by atoms with Crippen molar-refractivity contribution in [2.75, 3.05) is 0 Å². The first-order valence-corrected chi connectivity index (χ1v) is 6.02. The van der Waals surface area contributed by atoms with Gasteiger partial charge >= 0.3 is 5.97 Å². The fraction of sp³-hybridized carbons (Fsp3) is 0.364. The number of benzene rings is 1. The van der Waals surface area contributed by atoms with Crippen molar-refractivity contribution in [3.8, 4) is 0 Å². The summed E-state index contributed by atoms with van der Waals surface area (Å²) < 4.78 is 14.2. The molecule has 0 saturated heterocycles. The van der Waals surface area contributed by atoms with Crippen LogP contribution in [-0.4, -0.2) is 11.1 Å². The molecule has 1 aromatic rings. The van der Waals surface area contributed by atoms with Crippen molar-refractivity contribution in [1.29, 1.82) is 0 Å². The third-order valence-electron chi connectivity index (χ3n) is 2.32. The highest BCUT2D eigenvalue weighted by Gasteiger charge is 2.24. The number of carbonyl (C=O) groups is 1. The van der Waals surface area contributed by atoms with Crippen LogP contribution in [0.15, 0.2) is 16.6 Å². The Hall–Kier alpha value is -0.610. The molecule has 1 N–H and O–H groups in total. The largest absolute Gasteiger partial charge is 0.481 e. The molecule has 0 aliphatic carbocycles. The maximum atomic E-state index is 13.8. The highest BCUT2D eigenvalue weighted by atomic mass is 79.9. The van der Waals surface area contributed by atoms with Crippen LogP contribution in [-0.2, 0) is 4.79 Å². The first kappa shape index (κ1) is 13.5. The average Bonchev–Trinajstić information content (AvgIpc) is 2.24. The first-order chi connectivity index (χ1) is 7.49. The number of carboxylic acids is 1. The summed E-state index contributed by atoms with van der Waals surface area (Å²) >= 11 is 8.80. The lowest BCUT2D eigenvalue weighted by Gasteiger charge is -2.13. The van der Waals surface area contributed by atoms with E-state index in [1.165, 1.54) is 6.07 Å². The highest BCUT2D eigenvalue weighted by molar-refractivity contribution is 9.10. The maximum Gasteiger partial charge on any atom is 0.311 e. The molecule has 1 aromatic carbocycles. The number of halogens is 3. The highest BCUT2D eigenvalue weighted by Crippen LogP contribution is 2.32. The van der Waals surface area contributed by atoms with Crippen LogP contribution in [0.25, 0.3) is 0 Å². The molecule has 0 bridgehead atoms. The van der Waals surface area contributed by atoms with E-state index in [1.54, 1.807) is 6.07 Å². The minimum Gasteiger partial charge on any atom is -0.481 e. The van der Waals surface area contributed by atoms with E-state index in [1.807, 2.05) is 6.92 Å². The molecule has 0 heterocycles. The van der Waals surface area contributed by atoms with Gasteiger partial charge in [-0.05, 0) is 28.4 Å². The lowest BCUT2D eigenvalue weighted by molar-refractivity contribution is -0.139. The van der Waals surface area contributed by atoms with Crippen LogP contribution in [0.1, 0.15) is 31.2 Å². The van der Waals surface area contributed by atoms with Gasteiger partial charge in [0.05, 0.1) is 10.9 Å². The van der Waals surface area contributed by atoms with E-state index in [0.29, 0.717) is 17.3 Å². The molecular weight excluding hydrogens is 298 g/mol. The van der Waals surface area contributed by atoms with Crippen molar-refractivity contribution in [3.05, 3.63) is 33.0 Å². The topological polar surface area (TPSA) is 37.3 Å². The Morgan fingerprint density at radius 3 is 2.75 bits per heavy atom. The molecule has 0 fully saturated rings. The van der Waals surface area contributed by atoms with Crippen LogP contribution in [0.4, 0.5) is 4.39 Å². The summed E-state index contributed by atoms with van der Waals surface area (Å²) in [6, 6.07) is 3.02. The second kappa shape index (κ2) is 5.64. The van der Waals surface area contributed by atoms with E-state index < -0.39 is 17.7 Å². The third kappa shape index (κ3) is 2.74. The lowest BCUT2D eigenvalue weighted by atomic mass is 9.94. The number of rotatable bonds is 4. The Morgan fingerprint density at radius 1 is 1.62 bits per heavy atom. The fourth-order valence-corrected chi connectivity index (χ4v) is 1.99. The van der Waals surface area contributed by atoms with Crippen LogP contribution >= 0.6 is 27.5 Å². The van der Waals surface area contributed by atoms with Crippen LogP contribution < -0.4 is 0 Å². The Morgan fingerprint density at radius 2 is 2.25 bits per heavy atom. The molecule has 0 radical (unpaired) electrons. The number of aliphatic carboxylic acids is 1. The zero-order valence-electron chi connectivity index (χ0n) is 8.64. The van der Waals surface area contributed by atoms with Gasteiger partial charge in [0.2, 0.25) is 0 Å². The lowest BCUT2D eigenvalue weighted by Crippen LogP contribution is -2.13. The van der Waals surface area contributed by atoms with Gasteiger partial charge in [-0.3, -0.25) is 4.79 Å². The van der Waals surface area contributed by atoms with E-state index in [9.17, 15) is 9.18 Å². The minimum atomic E-state index is -1.03. The second-order valence-corrected chi connectivity index (χ2v) is 4.68. The van der Waals surface area contributed by atoms with Crippen LogP contribution in [0.3, 0.4) is 0 Å². The normalized spacial score (nSPS) is 12.5. The Balaban J connectivity index is 3.20. The zero-order valence-corrected chi connectivity index (χ0v) is 11.0. The van der Waals surface area contributed by atoms with Gasteiger partial charge in [0.1, 0.15) is 5.82 Å². The van der Waals surface area contributed by atoms with Gasteiger partial charge in [-0.15, -0.1) is 0 Å². The number of hydrogen-bond donors (Lipinski definition) is 1. The number of hydrogen-bond acceptors (Lipinski definition) is 1. The van der Waals surface area contributed by atoms with Crippen LogP contribution in [0, 0.1) is 5.82 Å². The van der Waals surface area contributed by atoms with E-state index in [-0.39, 0.29) is 10.6 Å². The molecule has 88 valence electrons. The van der Waals surface area contributed by atoms with Crippen molar-refractivity contribution in [3.63, 3.8) is 0 Å². The summed E-state index contributed by atoms with van der Waals surface area (Å²) in [7, 11) is 0. The average molecular weight is 310 g/mol. The molecule has 0 aliphatic heterocycles. The predicted molar refractivity (Wildman–Crippen MR) is 64.4 cm³/mol. The molecule has 2 nitrogen and oxygen atoms in total. The van der Waals surface area contributed by atoms with Crippen LogP contribution in [0.2, 0.25) is 5.02 Å². The predicted octanol–water partition coefficient (Wildman–Crippen LogP) is 4.21. The first-order valence-electron chi connectivity index (χ1n) is 4.85. The van der Waals surface area contributed by atoms with Crippen molar-refractivity contribution >= 4 is 33.5 Å². The SMILES string of the molecule is CCCC(C(=O)O)c1ccc(Br)c(Cl)c1F. The molecule has 5 heteroatoms. The van der Waals surface area contributed by atoms with E-state index in [4.69, 9.17) is 16.7 Å².